The lowest BCUT2D eigenvalue weighted by Gasteiger charge is -2.11. The van der Waals surface area contributed by atoms with Crippen molar-refractivity contribution in [1.82, 2.24) is 4.98 Å². The molecule has 1 amide bonds. The maximum absolute atomic E-state index is 12.2. The van der Waals surface area contributed by atoms with Crippen molar-refractivity contribution in [2.24, 2.45) is 5.14 Å². The van der Waals surface area contributed by atoms with Crippen LogP contribution in [0.1, 0.15) is 0 Å². The highest BCUT2D eigenvalue weighted by atomic mass is 32.2. The predicted molar refractivity (Wildman–Crippen MR) is 108 cm³/mol. The van der Waals surface area contributed by atoms with Crippen LogP contribution in [0.3, 0.4) is 0 Å². The summed E-state index contributed by atoms with van der Waals surface area (Å²) in [5.41, 5.74) is 1.84. The number of amides is 1. The van der Waals surface area contributed by atoms with Crippen LogP contribution < -0.4 is 19.9 Å². The molecule has 0 fully saturated rings. The van der Waals surface area contributed by atoms with E-state index in [0.29, 0.717) is 17.1 Å². The molecule has 0 unspecified atom stereocenters. The van der Waals surface area contributed by atoms with E-state index in [1.165, 1.54) is 24.3 Å². The fraction of sp³-hybridized carbons (Fsp3) is 0.100. The van der Waals surface area contributed by atoms with Gasteiger partial charge in [0.2, 0.25) is 10.0 Å². The molecule has 0 spiro atoms. The molecule has 0 atom stereocenters. The lowest BCUT2D eigenvalue weighted by Crippen LogP contribution is -2.20. The number of sulfonamides is 1. The third kappa shape index (κ3) is 5.31. The van der Waals surface area contributed by atoms with Crippen LogP contribution in [0, 0.1) is 0 Å². The van der Waals surface area contributed by atoms with Crippen LogP contribution in [0.25, 0.3) is 11.3 Å². The second-order valence-corrected chi connectivity index (χ2v) is 7.55. The number of ether oxygens (including phenoxy) is 2. The van der Waals surface area contributed by atoms with Crippen LogP contribution in [0.5, 0.6) is 11.5 Å². The Kier molecular flexibility index (Phi) is 6.10. The summed E-state index contributed by atoms with van der Waals surface area (Å²) in [6, 6.07) is 16.3. The van der Waals surface area contributed by atoms with Gasteiger partial charge in [-0.15, -0.1) is 0 Å². The van der Waals surface area contributed by atoms with E-state index in [1.54, 1.807) is 25.4 Å². The van der Waals surface area contributed by atoms with Crippen LogP contribution in [0.2, 0.25) is 0 Å². The Morgan fingerprint density at radius 2 is 1.76 bits per heavy atom. The van der Waals surface area contributed by atoms with Crippen molar-refractivity contribution in [1.29, 1.82) is 0 Å². The average molecular weight is 413 g/mol. The van der Waals surface area contributed by atoms with E-state index in [-0.39, 0.29) is 11.5 Å². The summed E-state index contributed by atoms with van der Waals surface area (Å²) in [6.45, 7) is -0.244. The number of carbonyl (C=O) groups is 1. The molecule has 3 N–H and O–H groups in total. The number of hydrogen-bond donors (Lipinski definition) is 2. The first-order valence-corrected chi connectivity index (χ1v) is 10.1. The number of methoxy groups -OCH3 is 1. The average Bonchev–Trinajstić information content (AvgIpc) is 2.72. The molecule has 3 aromatic rings. The van der Waals surface area contributed by atoms with Crippen molar-refractivity contribution in [2.75, 3.05) is 19.0 Å². The molecule has 150 valence electrons. The Bertz CT molecular complexity index is 1100. The Balaban J connectivity index is 1.66. The van der Waals surface area contributed by atoms with Gasteiger partial charge >= 0.3 is 0 Å². The van der Waals surface area contributed by atoms with Crippen molar-refractivity contribution in [3.05, 3.63) is 66.9 Å². The van der Waals surface area contributed by atoms with Gasteiger partial charge in [-0.3, -0.25) is 9.78 Å². The van der Waals surface area contributed by atoms with Gasteiger partial charge in [-0.25, -0.2) is 13.6 Å². The summed E-state index contributed by atoms with van der Waals surface area (Å²) in [7, 11) is -2.19. The van der Waals surface area contributed by atoms with E-state index in [1.807, 2.05) is 24.3 Å². The maximum Gasteiger partial charge on any atom is 0.262 e. The third-order valence-electron chi connectivity index (χ3n) is 3.96. The molecule has 8 nitrogen and oxygen atoms in total. The van der Waals surface area contributed by atoms with Gasteiger partial charge in [0.25, 0.3) is 5.91 Å². The van der Waals surface area contributed by atoms with Crippen molar-refractivity contribution in [3.8, 4) is 22.8 Å². The fourth-order valence-corrected chi connectivity index (χ4v) is 3.06. The number of pyridine rings is 1. The van der Waals surface area contributed by atoms with Gasteiger partial charge in [0.1, 0.15) is 17.2 Å². The molecule has 0 aliphatic heterocycles. The normalized spacial score (nSPS) is 11.0. The van der Waals surface area contributed by atoms with Crippen LogP contribution in [0.15, 0.2) is 71.8 Å². The number of primary sulfonamides is 1. The minimum Gasteiger partial charge on any atom is -0.497 e. The quantitative estimate of drug-likeness (QED) is 0.614. The molecule has 0 saturated heterocycles. The first kappa shape index (κ1) is 20.3. The molecule has 0 radical (unpaired) electrons. The van der Waals surface area contributed by atoms with Crippen molar-refractivity contribution in [2.45, 2.75) is 4.90 Å². The van der Waals surface area contributed by atoms with Crippen molar-refractivity contribution < 1.29 is 22.7 Å². The standard InChI is InChI=1S/C20H19N3O5S/c1-27-16-8-4-14(5-9-16)20-18(3-2-12-22-20)28-13-19(24)23-15-6-10-17(11-7-15)29(21,25)26/h2-12H,13H2,1H3,(H,23,24)(H2,21,25,26). The van der Waals surface area contributed by atoms with Gasteiger partial charge in [-0.1, -0.05) is 0 Å². The molecule has 0 saturated carbocycles. The van der Waals surface area contributed by atoms with Gasteiger partial charge in [-0.2, -0.15) is 0 Å². The molecule has 0 aliphatic carbocycles. The smallest absolute Gasteiger partial charge is 0.262 e. The summed E-state index contributed by atoms with van der Waals surface area (Å²) >= 11 is 0. The highest BCUT2D eigenvalue weighted by Crippen LogP contribution is 2.28. The molecule has 0 aliphatic rings. The van der Waals surface area contributed by atoms with Gasteiger partial charge < -0.3 is 14.8 Å². The van der Waals surface area contributed by atoms with E-state index in [4.69, 9.17) is 14.6 Å². The van der Waals surface area contributed by atoms with Crippen molar-refractivity contribution >= 4 is 21.6 Å². The van der Waals surface area contributed by atoms with E-state index >= 15 is 0 Å². The number of nitrogens with zero attached hydrogens (tertiary/aromatic N) is 1. The second kappa shape index (κ2) is 8.72. The molecule has 29 heavy (non-hydrogen) atoms. The Labute approximate surface area is 168 Å². The topological polar surface area (TPSA) is 121 Å². The predicted octanol–water partition coefficient (Wildman–Crippen LogP) is 2.42. The summed E-state index contributed by atoms with van der Waals surface area (Å²) in [5.74, 6) is 0.773. The minimum absolute atomic E-state index is 0.0359. The maximum atomic E-state index is 12.2. The van der Waals surface area contributed by atoms with Gasteiger partial charge in [0, 0.05) is 17.4 Å². The summed E-state index contributed by atoms with van der Waals surface area (Å²) in [6.07, 6.45) is 1.64. The number of benzene rings is 2. The van der Waals surface area contributed by atoms with Crippen LogP contribution >= 0.6 is 0 Å². The zero-order valence-electron chi connectivity index (χ0n) is 15.5. The third-order valence-corrected chi connectivity index (χ3v) is 4.89. The van der Waals surface area contributed by atoms with E-state index in [9.17, 15) is 13.2 Å². The van der Waals surface area contributed by atoms with Crippen LogP contribution in [-0.2, 0) is 14.8 Å². The number of anilines is 1. The lowest BCUT2D eigenvalue weighted by molar-refractivity contribution is -0.118. The molecule has 9 heteroatoms. The highest BCUT2D eigenvalue weighted by Gasteiger charge is 2.11. The molecular weight excluding hydrogens is 394 g/mol. The molecule has 2 aromatic carbocycles. The zero-order chi connectivity index (χ0) is 20.9. The first-order valence-electron chi connectivity index (χ1n) is 8.52. The van der Waals surface area contributed by atoms with Gasteiger partial charge in [-0.05, 0) is 60.7 Å². The number of carbonyl (C=O) groups excluding carboxylic acids is 1. The molecule has 3 rings (SSSR count). The zero-order valence-corrected chi connectivity index (χ0v) is 16.3. The summed E-state index contributed by atoms with van der Waals surface area (Å²) in [5, 5.41) is 7.68. The Morgan fingerprint density at radius 3 is 2.38 bits per heavy atom. The molecule has 1 aromatic heterocycles. The molecular formula is C20H19N3O5S. The summed E-state index contributed by atoms with van der Waals surface area (Å²) in [4.78, 5) is 16.5. The Hall–Kier alpha value is -3.43. The summed E-state index contributed by atoms with van der Waals surface area (Å²) < 4.78 is 33.3. The fourth-order valence-electron chi connectivity index (χ4n) is 2.54. The molecule has 1 heterocycles. The van der Waals surface area contributed by atoms with Gasteiger partial charge in [0.15, 0.2) is 6.61 Å². The van der Waals surface area contributed by atoms with E-state index in [2.05, 4.69) is 10.3 Å². The number of nitrogens with one attached hydrogen (secondary N) is 1. The van der Waals surface area contributed by atoms with E-state index in [0.717, 1.165) is 11.3 Å². The Morgan fingerprint density at radius 1 is 1.07 bits per heavy atom. The van der Waals surface area contributed by atoms with Crippen molar-refractivity contribution in [3.63, 3.8) is 0 Å². The molecule has 0 bridgehead atoms. The highest BCUT2D eigenvalue weighted by molar-refractivity contribution is 7.89. The lowest BCUT2D eigenvalue weighted by atomic mass is 10.1. The van der Waals surface area contributed by atoms with Gasteiger partial charge in [0.05, 0.1) is 12.0 Å². The first-order chi connectivity index (χ1) is 13.9. The number of rotatable bonds is 7. The van der Waals surface area contributed by atoms with Crippen LogP contribution in [0.4, 0.5) is 5.69 Å². The number of aromatic nitrogens is 1. The minimum atomic E-state index is -3.78. The second-order valence-electron chi connectivity index (χ2n) is 5.98. The SMILES string of the molecule is COc1ccc(-c2ncccc2OCC(=O)Nc2ccc(S(N)(=O)=O)cc2)cc1. The number of nitrogens with two attached hydrogens (primary N) is 1. The largest absolute Gasteiger partial charge is 0.497 e. The number of hydrogen-bond acceptors (Lipinski definition) is 6. The van der Waals surface area contributed by atoms with E-state index < -0.39 is 15.9 Å². The van der Waals surface area contributed by atoms with Crippen LogP contribution in [-0.4, -0.2) is 33.0 Å². The monoisotopic (exact) mass is 413 g/mol.